The van der Waals surface area contributed by atoms with Crippen molar-refractivity contribution in [3.05, 3.63) is 35.0 Å². The van der Waals surface area contributed by atoms with E-state index in [-0.39, 0.29) is 29.9 Å². The molecule has 37 heavy (non-hydrogen) atoms. The van der Waals surface area contributed by atoms with Gasteiger partial charge in [-0.3, -0.25) is 4.98 Å². The summed E-state index contributed by atoms with van der Waals surface area (Å²) >= 11 is 0. The van der Waals surface area contributed by atoms with Gasteiger partial charge in [0.15, 0.2) is 5.75 Å². The van der Waals surface area contributed by atoms with E-state index in [1.165, 1.54) is 0 Å². The highest BCUT2D eigenvalue weighted by atomic mass is 19.1. The van der Waals surface area contributed by atoms with Crippen molar-refractivity contribution in [3.63, 3.8) is 0 Å². The number of fused-ring (bicyclic) bond motifs is 1. The molecule has 0 aliphatic rings. The summed E-state index contributed by atoms with van der Waals surface area (Å²) in [5, 5.41) is -0.0351. The second-order valence-corrected chi connectivity index (χ2v) is 8.48. The molecule has 0 aliphatic heterocycles. The second kappa shape index (κ2) is 18.0. The summed E-state index contributed by atoms with van der Waals surface area (Å²) in [6, 6.07) is 1.88. The summed E-state index contributed by atoms with van der Waals surface area (Å²) in [5.41, 5.74) is 1.26. The van der Waals surface area contributed by atoms with Gasteiger partial charge in [0.05, 0.1) is 57.2 Å². The lowest BCUT2D eigenvalue weighted by Crippen LogP contribution is -2.17. The van der Waals surface area contributed by atoms with Crippen LogP contribution in [0, 0.1) is 18.6 Å². The lowest BCUT2D eigenvalue weighted by atomic mass is 10.0. The van der Waals surface area contributed by atoms with Gasteiger partial charge in [0.1, 0.15) is 18.2 Å². The van der Waals surface area contributed by atoms with E-state index in [0.717, 1.165) is 44.2 Å². The van der Waals surface area contributed by atoms with Gasteiger partial charge in [-0.25, -0.2) is 13.6 Å². The van der Waals surface area contributed by atoms with Gasteiger partial charge in [-0.2, -0.15) is 0 Å². The zero-order valence-electron chi connectivity index (χ0n) is 22.1. The van der Waals surface area contributed by atoms with Gasteiger partial charge < -0.3 is 28.4 Å². The number of ether oxygens (including phenoxy) is 6. The fourth-order valence-corrected chi connectivity index (χ4v) is 3.73. The highest BCUT2D eigenvalue weighted by Crippen LogP contribution is 2.35. The fraction of sp³-hybridized carbons (Fsp3) is 0.630. The van der Waals surface area contributed by atoms with Crippen molar-refractivity contribution >= 4 is 17.1 Å². The van der Waals surface area contributed by atoms with Crippen LogP contribution < -0.4 is 4.74 Å². The number of carbonyl (C=O) groups is 1. The lowest BCUT2D eigenvalue weighted by Gasteiger charge is -2.16. The Labute approximate surface area is 217 Å². The molecule has 0 bridgehead atoms. The first-order valence-corrected chi connectivity index (χ1v) is 12.8. The molecule has 0 saturated carbocycles. The van der Waals surface area contributed by atoms with Gasteiger partial charge in [-0.1, -0.05) is 32.6 Å². The molecule has 0 spiro atoms. The molecule has 0 radical (unpaired) electrons. The Kier molecular flexibility index (Phi) is 15.0. The molecule has 0 N–H and O–H groups in total. The van der Waals surface area contributed by atoms with Gasteiger partial charge in [0.25, 0.3) is 0 Å². The number of aryl methyl sites for hydroxylation is 1. The van der Waals surface area contributed by atoms with E-state index < -0.39 is 17.8 Å². The van der Waals surface area contributed by atoms with Crippen LogP contribution in [0.3, 0.4) is 0 Å². The maximum Gasteiger partial charge on any atom is 0.513 e. The molecule has 0 amide bonds. The fourth-order valence-electron chi connectivity index (χ4n) is 3.73. The maximum absolute atomic E-state index is 14.8. The smallest absolute Gasteiger partial charge is 0.432 e. The van der Waals surface area contributed by atoms with Crippen LogP contribution in [0.1, 0.15) is 50.3 Å². The Morgan fingerprint density at radius 2 is 1.49 bits per heavy atom. The van der Waals surface area contributed by atoms with E-state index in [0.29, 0.717) is 57.3 Å². The number of rotatable bonds is 19. The topological polar surface area (TPSA) is 85.3 Å². The van der Waals surface area contributed by atoms with E-state index in [4.69, 9.17) is 28.4 Å². The van der Waals surface area contributed by atoms with Crippen molar-refractivity contribution in [1.29, 1.82) is 0 Å². The van der Waals surface area contributed by atoms with E-state index in [9.17, 15) is 13.6 Å². The molecule has 1 aromatic heterocycles. The first-order valence-electron chi connectivity index (χ1n) is 12.8. The van der Waals surface area contributed by atoms with E-state index in [1.807, 2.05) is 0 Å². The number of carbonyl (C=O) groups excluding carboxylic acids is 1. The predicted molar refractivity (Wildman–Crippen MR) is 135 cm³/mol. The average Bonchev–Trinajstić information content (AvgIpc) is 2.85. The number of unbranched alkanes of at least 4 members (excludes halogenated alkanes) is 4. The maximum atomic E-state index is 14.8. The molecule has 0 fully saturated rings. The second-order valence-electron chi connectivity index (χ2n) is 8.48. The number of hydrogen-bond acceptors (Lipinski definition) is 8. The highest BCUT2D eigenvalue weighted by molar-refractivity contribution is 5.89. The molecule has 8 nitrogen and oxygen atoms in total. The molecule has 2 rings (SSSR count). The van der Waals surface area contributed by atoms with Crippen LogP contribution in [-0.2, 0) is 30.1 Å². The van der Waals surface area contributed by atoms with Crippen molar-refractivity contribution < 1.29 is 42.0 Å². The van der Waals surface area contributed by atoms with Crippen molar-refractivity contribution in [2.24, 2.45) is 0 Å². The third-order valence-electron chi connectivity index (χ3n) is 5.60. The van der Waals surface area contributed by atoms with Gasteiger partial charge in [0.2, 0.25) is 0 Å². The molecule has 0 aliphatic carbocycles. The van der Waals surface area contributed by atoms with E-state index in [1.54, 1.807) is 14.0 Å². The number of methoxy groups -OCH3 is 1. The number of nitrogens with zero attached hydrogens (tertiary/aromatic N) is 1. The first-order chi connectivity index (χ1) is 18.0. The zero-order valence-corrected chi connectivity index (χ0v) is 22.1. The van der Waals surface area contributed by atoms with Crippen LogP contribution in [0.15, 0.2) is 12.1 Å². The Hall–Kier alpha value is -2.40. The molecule has 0 saturated heterocycles. The monoisotopic (exact) mass is 527 g/mol. The zero-order chi connectivity index (χ0) is 26.9. The third-order valence-corrected chi connectivity index (χ3v) is 5.60. The minimum atomic E-state index is -0.990. The van der Waals surface area contributed by atoms with Crippen LogP contribution in [0.2, 0.25) is 0 Å². The highest BCUT2D eigenvalue weighted by Gasteiger charge is 2.21. The summed E-state index contributed by atoms with van der Waals surface area (Å²) in [6.07, 6.45) is 4.72. The lowest BCUT2D eigenvalue weighted by molar-refractivity contribution is -0.00449. The molecular formula is C27H39F2NO7. The number of pyridine rings is 1. The molecule has 208 valence electrons. The quantitative estimate of drug-likeness (QED) is 0.174. The van der Waals surface area contributed by atoms with Crippen LogP contribution in [0.25, 0.3) is 10.9 Å². The molecule has 10 heteroatoms. The molecular weight excluding hydrogens is 488 g/mol. The molecule has 0 unspecified atom stereocenters. The van der Waals surface area contributed by atoms with Crippen molar-refractivity contribution in [3.8, 4) is 5.75 Å². The summed E-state index contributed by atoms with van der Waals surface area (Å²) < 4.78 is 60.1. The molecule has 1 aromatic carbocycles. The van der Waals surface area contributed by atoms with Gasteiger partial charge in [0, 0.05) is 30.5 Å². The number of halogens is 2. The Morgan fingerprint density at radius 3 is 2.14 bits per heavy atom. The van der Waals surface area contributed by atoms with E-state index in [2.05, 4.69) is 11.9 Å². The van der Waals surface area contributed by atoms with Gasteiger partial charge >= 0.3 is 6.16 Å². The summed E-state index contributed by atoms with van der Waals surface area (Å²) in [5.74, 6) is -1.56. The number of benzene rings is 1. The Bertz CT molecular complexity index is 958. The molecule has 2 aromatic rings. The Morgan fingerprint density at radius 1 is 0.865 bits per heavy atom. The Balaban J connectivity index is 1.87. The summed E-state index contributed by atoms with van der Waals surface area (Å²) in [6.45, 7) is 6.63. The van der Waals surface area contributed by atoms with Gasteiger partial charge in [-0.15, -0.1) is 0 Å². The van der Waals surface area contributed by atoms with Crippen LogP contribution >= 0.6 is 0 Å². The SMILES string of the molecule is CCCCCCCc1c(C)nc2cc(F)cc(F)c2c1OC(=O)OCCOCCOCCOCCOC. The minimum absolute atomic E-state index is 0.0301. The van der Waals surface area contributed by atoms with Crippen molar-refractivity contribution in [2.75, 3.05) is 60.0 Å². The van der Waals surface area contributed by atoms with Crippen LogP contribution in [0.4, 0.5) is 13.6 Å². The average molecular weight is 528 g/mol. The van der Waals surface area contributed by atoms with Gasteiger partial charge in [-0.05, 0) is 19.8 Å². The largest absolute Gasteiger partial charge is 0.513 e. The van der Waals surface area contributed by atoms with E-state index >= 15 is 0 Å². The third kappa shape index (κ3) is 11.3. The summed E-state index contributed by atoms with van der Waals surface area (Å²) in [4.78, 5) is 16.8. The van der Waals surface area contributed by atoms with Crippen molar-refractivity contribution in [2.45, 2.75) is 52.4 Å². The molecule has 1 heterocycles. The normalized spacial score (nSPS) is 11.3. The first kappa shape index (κ1) is 30.8. The standard InChI is InChI=1S/C27H39F2NO7/c1-4-5-6-7-8-9-22-20(2)30-24-19-21(28)18-23(29)25(24)26(22)37-27(31)36-17-16-35-15-14-34-13-12-33-11-10-32-3/h18-19H,4-17H2,1-3H3. The minimum Gasteiger partial charge on any atom is -0.432 e. The van der Waals surface area contributed by atoms with Crippen LogP contribution in [0.5, 0.6) is 5.75 Å². The molecule has 0 atom stereocenters. The van der Waals surface area contributed by atoms with Crippen LogP contribution in [-0.4, -0.2) is 71.1 Å². The number of aromatic nitrogens is 1. The summed E-state index contributed by atoms with van der Waals surface area (Å²) in [7, 11) is 1.61. The van der Waals surface area contributed by atoms with Crippen molar-refractivity contribution in [1.82, 2.24) is 4.98 Å². The number of hydrogen-bond donors (Lipinski definition) is 0. The predicted octanol–water partition coefficient (Wildman–Crippen LogP) is 5.55.